The predicted octanol–water partition coefficient (Wildman–Crippen LogP) is 1.48. The molecule has 116 valence electrons. The fourth-order valence-corrected chi connectivity index (χ4v) is 2.53. The molecule has 0 radical (unpaired) electrons. The van der Waals surface area contributed by atoms with E-state index in [0.717, 1.165) is 11.4 Å². The summed E-state index contributed by atoms with van der Waals surface area (Å²) < 4.78 is 4.67. The van der Waals surface area contributed by atoms with Crippen molar-refractivity contribution in [1.29, 1.82) is 0 Å². The van der Waals surface area contributed by atoms with Crippen molar-refractivity contribution in [2.45, 2.75) is 13.3 Å². The lowest BCUT2D eigenvalue weighted by molar-refractivity contribution is -0.150. The SMILES string of the molecule is COC(=O)[C@@H]1C(=O)C=C(Nc2ccc(C(N)=O)cc2)C[C@H]1C. The molecule has 1 aromatic rings. The Hall–Kier alpha value is -2.63. The molecular formula is C16H18N2O4. The van der Waals surface area contributed by atoms with Crippen LogP contribution >= 0.6 is 0 Å². The molecule has 0 aliphatic heterocycles. The number of nitrogens with two attached hydrogens (primary N) is 1. The molecule has 6 nitrogen and oxygen atoms in total. The largest absolute Gasteiger partial charge is 0.468 e. The molecule has 0 fully saturated rings. The Morgan fingerprint density at radius 3 is 2.41 bits per heavy atom. The molecule has 1 aliphatic rings. The maximum Gasteiger partial charge on any atom is 0.316 e. The number of benzene rings is 1. The van der Waals surface area contributed by atoms with Crippen molar-refractivity contribution in [1.82, 2.24) is 0 Å². The third-order valence-electron chi connectivity index (χ3n) is 3.66. The summed E-state index contributed by atoms with van der Waals surface area (Å²) in [5.74, 6) is -2.14. The molecule has 0 saturated heterocycles. The highest BCUT2D eigenvalue weighted by Crippen LogP contribution is 2.29. The van der Waals surface area contributed by atoms with E-state index in [2.05, 4.69) is 10.1 Å². The number of anilines is 1. The van der Waals surface area contributed by atoms with Crippen LogP contribution in [0.3, 0.4) is 0 Å². The summed E-state index contributed by atoms with van der Waals surface area (Å²) in [5, 5.41) is 3.12. The van der Waals surface area contributed by atoms with Crippen LogP contribution in [0, 0.1) is 11.8 Å². The average Bonchev–Trinajstić information content (AvgIpc) is 2.46. The number of nitrogens with one attached hydrogen (secondary N) is 1. The molecular weight excluding hydrogens is 284 g/mol. The quantitative estimate of drug-likeness (QED) is 0.648. The summed E-state index contributed by atoms with van der Waals surface area (Å²) in [6, 6.07) is 6.64. The Morgan fingerprint density at radius 1 is 1.27 bits per heavy atom. The van der Waals surface area contributed by atoms with Gasteiger partial charge in [-0.1, -0.05) is 6.92 Å². The van der Waals surface area contributed by atoms with Crippen LogP contribution in [0.4, 0.5) is 5.69 Å². The normalized spacial score (nSPS) is 21.0. The molecule has 0 saturated carbocycles. The van der Waals surface area contributed by atoms with Gasteiger partial charge in [0.05, 0.1) is 7.11 Å². The van der Waals surface area contributed by atoms with Gasteiger partial charge in [0.25, 0.3) is 0 Å². The topological polar surface area (TPSA) is 98.5 Å². The van der Waals surface area contributed by atoms with E-state index >= 15 is 0 Å². The summed E-state index contributed by atoms with van der Waals surface area (Å²) in [4.78, 5) is 34.7. The lowest BCUT2D eigenvalue weighted by Gasteiger charge is -2.26. The van der Waals surface area contributed by atoms with Crippen molar-refractivity contribution < 1.29 is 19.1 Å². The molecule has 1 amide bonds. The molecule has 0 spiro atoms. The van der Waals surface area contributed by atoms with Gasteiger partial charge in [0.15, 0.2) is 5.78 Å². The zero-order chi connectivity index (χ0) is 16.3. The number of rotatable bonds is 4. The molecule has 0 heterocycles. The molecule has 2 atom stereocenters. The van der Waals surface area contributed by atoms with Gasteiger partial charge in [-0.3, -0.25) is 14.4 Å². The maximum absolute atomic E-state index is 12.1. The van der Waals surface area contributed by atoms with Crippen molar-refractivity contribution >= 4 is 23.3 Å². The number of allylic oxidation sites excluding steroid dienone is 2. The Kier molecular flexibility index (Phi) is 4.60. The third-order valence-corrected chi connectivity index (χ3v) is 3.66. The Labute approximate surface area is 128 Å². The highest BCUT2D eigenvalue weighted by atomic mass is 16.5. The number of ether oxygens (including phenoxy) is 1. The van der Waals surface area contributed by atoms with Crippen molar-refractivity contribution in [2.75, 3.05) is 12.4 Å². The number of hydrogen-bond donors (Lipinski definition) is 2. The van der Waals surface area contributed by atoms with E-state index in [1.54, 1.807) is 24.3 Å². The zero-order valence-electron chi connectivity index (χ0n) is 12.5. The first kappa shape index (κ1) is 15.8. The summed E-state index contributed by atoms with van der Waals surface area (Å²) in [6.45, 7) is 1.84. The average molecular weight is 302 g/mol. The molecule has 22 heavy (non-hydrogen) atoms. The highest BCUT2D eigenvalue weighted by molar-refractivity contribution is 6.06. The molecule has 0 aromatic heterocycles. The van der Waals surface area contributed by atoms with Crippen molar-refractivity contribution in [3.8, 4) is 0 Å². The summed E-state index contributed by atoms with van der Waals surface area (Å²) in [7, 11) is 1.28. The van der Waals surface area contributed by atoms with Crippen molar-refractivity contribution in [3.05, 3.63) is 41.6 Å². The Morgan fingerprint density at radius 2 is 1.91 bits per heavy atom. The number of hydrogen-bond acceptors (Lipinski definition) is 5. The van der Waals surface area contributed by atoms with Crippen LogP contribution in [0.25, 0.3) is 0 Å². The van der Waals surface area contributed by atoms with E-state index in [1.807, 2.05) is 6.92 Å². The van der Waals surface area contributed by atoms with Crippen LogP contribution in [0.15, 0.2) is 36.0 Å². The summed E-state index contributed by atoms with van der Waals surface area (Å²) >= 11 is 0. The molecule has 6 heteroatoms. The fraction of sp³-hybridized carbons (Fsp3) is 0.312. The Balaban J connectivity index is 2.12. The minimum atomic E-state index is -0.743. The van der Waals surface area contributed by atoms with E-state index in [-0.39, 0.29) is 11.7 Å². The smallest absolute Gasteiger partial charge is 0.316 e. The monoisotopic (exact) mass is 302 g/mol. The third kappa shape index (κ3) is 3.33. The molecule has 0 unspecified atom stereocenters. The van der Waals surface area contributed by atoms with Crippen LogP contribution in [0.1, 0.15) is 23.7 Å². The number of carbonyl (C=O) groups excluding carboxylic acids is 3. The van der Waals surface area contributed by atoms with Crippen molar-refractivity contribution in [3.63, 3.8) is 0 Å². The second kappa shape index (κ2) is 6.43. The molecule has 0 bridgehead atoms. The standard InChI is InChI=1S/C16H18N2O4/c1-9-7-12(8-13(19)14(9)16(21)22-2)18-11-5-3-10(4-6-11)15(17)20/h3-6,8-9,14,18H,7H2,1-2H3,(H2,17,20)/t9-,14+/m1/s1. The molecule has 1 aromatic carbocycles. The highest BCUT2D eigenvalue weighted by Gasteiger charge is 2.35. The molecule has 3 N–H and O–H groups in total. The number of carbonyl (C=O) groups is 3. The van der Waals surface area contributed by atoms with E-state index in [1.165, 1.54) is 13.2 Å². The van der Waals surface area contributed by atoms with E-state index < -0.39 is 17.8 Å². The van der Waals surface area contributed by atoms with Crippen LogP contribution < -0.4 is 11.1 Å². The van der Waals surface area contributed by atoms with Gasteiger partial charge in [-0.25, -0.2) is 0 Å². The van der Waals surface area contributed by atoms with E-state index in [4.69, 9.17) is 5.73 Å². The van der Waals surface area contributed by atoms with Gasteiger partial charge in [-0.2, -0.15) is 0 Å². The van der Waals surface area contributed by atoms with Crippen LogP contribution in [-0.2, 0) is 14.3 Å². The minimum absolute atomic E-state index is 0.141. The maximum atomic E-state index is 12.1. The minimum Gasteiger partial charge on any atom is -0.468 e. The van der Waals surface area contributed by atoms with Gasteiger partial charge >= 0.3 is 5.97 Å². The second-order valence-corrected chi connectivity index (χ2v) is 5.32. The number of ketones is 1. The van der Waals surface area contributed by atoms with E-state index in [0.29, 0.717) is 12.0 Å². The zero-order valence-corrected chi connectivity index (χ0v) is 12.5. The van der Waals surface area contributed by atoms with Gasteiger partial charge < -0.3 is 15.8 Å². The Bertz CT molecular complexity index is 634. The number of amides is 1. The predicted molar refractivity (Wildman–Crippen MR) is 81.0 cm³/mol. The summed E-state index contributed by atoms with van der Waals surface area (Å²) in [5.41, 5.74) is 7.07. The molecule has 2 rings (SSSR count). The van der Waals surface area contributed by atoms with Crippen LogP contribution in [0.2, 0.25) is 0 Å². The van der Waals surface area contributed by atoms with Crippen LogP contribution in [-0.4, -0.2) is 24.8 Å². The summed E-state index contributed by atoms with van der Waals surface area (Å²) in [6.07, 6.45) is 1.99. The van der Waals surface area contributed by atoms with Crippen molar-refractivity contribution in [2.24, 2.45) is 17.6 Å². The second-order valence-electron chi connectivity index (χ2n) is 5.32. The number of methoxy groups -OCH3 is 1. The first-order valence-electron chi connectivity index (χ1n) is 6.91. The number of primary amides is 1. The lowest BCUT2D eigenvalue weighted by atomic mass is 9.82. The number of esters is 1. The van der Waals surface area contributed by atoms with Gasteiger partial charge in [-0.05, 0) is 36.6 Å². The molecule has 1 aliphatic carbocycles. The van der Waals surface area contributed by atoms with Gasteiger partial charge in [-0.15, -0.1) is 0 Å². The first-order valence-corrected chi connectivity index (χ1v) is 6.91. The van der Waals surface area contributed by atoms with E-state index in [9.17, 15) is 14.4 Å². The first-order chi connectivity index (χ1) is 10.4. The fourth-order valence-electron chi connectivity index (χ4n) is 2.53. The van der Waals surface area contributed by atoms with Gasteiger partial charge in [0, 0.05) is 23.0 Å². The van der Waals surface area contributed by atoms with Gasteiger partial charge in [0.1, 0.15) is 5.92 Å². The van der Waals surface area contributed by atoms with Crippen LogP contribution in [0.5, 0.6) is 0 Å². The lowest BCUT2D eigenvalue weighted by Crippen LogP contribution is -2.34. The van der Waals surface area contributed by atoms with Gasteiger partial charge in [0.2, 0.25) is 5.91 Å².